The molecule has 0 aromatic heterocycles. The predicted octanol–water partition coefficient (Wildman–Crippen LogP) is -0.0141. The van der Waals surface area contributed by atoms with E-state index in [0.29, 0.717) is 12.3 Å². The van der Waals surface area contributed by atoms with Crippen molar-refractivity contribution in [1.29, 1.82) is 0 Å². The number of hydrogen-bond donors (Lipinski definition) is 3. The Labute approximate surface area is 96.9 Å². The van der Waals surface area contributed by atoms with Crippen LogP contribution in [0.1, 0.15) is 34.1 Å². The van der Waals surface area contributed by atoms with Crippen LogP contribution in [0.15, 0.2) is 0 Å². The highest BCUT2D eigenvalue weighted by Crippen LogP contribution is 2.05. The first-order valence-electron chi connectivity index (χ1n) is 5.61. The van der Waals surface area contributed by atoms with Gasteiger partial charge in [0.15, 0.2) is 0 Å². The third kappa shape index (κ3) is 5.11. The molecule has 2 unspecified atom stereocenters. The van der Waals surface area contributed by atoms with Gasteiger partial charge in [0.05, 0.1) is 6.04 Å². The van der Waals surface area contributed by atoms with Gasteiger partial charge in [-0.25, -0.2) is 0 Å². The summed E-state index contributed by atoms with van der Waals surface area (Å²) >= 11 is 0. The Kier molecular flexibility index (Phi) is 6.03. The number of hydrogen-bond acceptors (Lipinski definition) is 3. The van der Waals surface area contributed by atoms with Crippen LogP contribution in [-0.4, -0.2) is 23.9 Å². The summed E-state index contributed by atoms with van der Waals surface area (Å²) in [4.78, 5) is 22.7. The molecule has 0 saturated carbocycles. The van der Waals surface area contributed by atoms with Crippen molar-refractivity contribution in [3.8, 4) is 0 Å². The van der Waals surface area contributed by atoms with Gasteiger partial charge >= 0.3 is 0 Å². The van der Waals surface area contributed by atoms with Gasteiger partial charge < -0.3 is 16.8 Å². The van der Waals surface area contributed by atoms with E-state index in [-0.39, 0.29) is 11.8 Å². The van der Waals surface area contributed by atoms with Crippen molar-refractivity contribution >= 4 is 11.8 Å². The molecule has 0 aromatic carbocycles. The second-order valence-electron chi connectivity index (χ2n) is 4.87. The lowest BCUT2D eigenvalue weighted by Crippen LogP contribution is -2.52. The van der Waals surface area contributed by atoms with Gasteiger partial charge in [-0.15, -0.1) is 0 Å². The van der Waals surface area contributed by atoms with Crippen LogP contribution >= 0.6 is 0 Å². The van der Waals surface area contributed by atoms with Crippen LogP contribution in [0, 0.1) is 11.8 Å². The predicted molar refractivity (Wildman–Crippen MR) is 63.4 cm³/mol. The maximum atomic E-state index is 11.7. The monoisotopic (exact) mass is 229 g/mol. The molecule has 2 atom stereocenters. The second-order valence-corrected chi connectivity index (χ2v) is 4.87. The molecule has 0 heterocycles. The van der Waals surface area contributed by atoms with Crippen molar-refractivity contribution in [2.24, 2.45) is 23.3 Å². The van der Waals surface area contributed by atoms with Crippen LogP contribution in [-0.2, 0) is 9.59 Å². The molecule has 16 heavy (non-hydrogen) atoms. The van der Waals surface area contributed by atoms with Gasteiger partial charge in [0, 0.05) is 0 Å². The quantitative estimate of drug-likeness (QED) is 0.597. The molecule has 0 radical (unpaired) electrons. The Morgan fingerprint density at radius 2 is 1.69 bits per heavy atom. The maximum Gasteiger partial charge on any atom is 0.240 e. The average molecular weight is 229 g/mol. The molecule has 5 nitrogen and oxygen atoms in total. The van der Waals surface area contributed by atoms with Gasteiger partial charge in [-0.1, -0.05) is 27.7 Å². The van der Waals surface area contributed by atoms with Crippen LogP contribution in [0.2, 0.25) is 0 Å². The van der Waals surface area contributed by atoms with Crippen LogP contribution in [0.5, 0.6) is 0 Å². The minimum atomic E-state index is -0.647. The summed E-state index contributed by atoms with van der Waals surface area (Å²) in [6.45, 7) is 7.62. The zero-order valence-electron chi connectivity index (χ0n) is 10.5. The number of primary amides is 1. The average Bonchev–Trinajstić information content (AvgIpc) is 2.11. The molecule has 94 valence electrons. The van der Waals surface area contributed by atoms with E-state index in [4.69, 9.17) is 11.5 Å². The van der Waals surface area contributed by atoms with E-state index in [9.17, 15) is 9.59 Å². The molecular formula is C11H23N3O2. The number of rotatable bonds is 6. The second kappa shape index (κ2) is 6.48. The lowest BCUT2D eigenvalue weighted by Gasteiger charge is -2.21. The van der Waals surface area contributed by atoms with E-state index in [2.05, 4.69) is 5.32 Å². The van der Waals surface area contributed by atoms with Crippen LogP contribution in [0.25, 0.3) is 0 Å². The first-order chi connectivity index (χ1) is 7.25. The van der Waals surface area contributed by atoms with Gasteiger partial charge in [0.1, 0.15) is 6.04 Å². The van der Waals surface area contributed by atoms with E-state index in [1.54, 1.807) is 0 Å². The van der Waals surface area contributed by atoms with E-state index >= 15 is 0 Å². The van der Waals surface area contributed by atoms with Crippen LogP contribution in [0.3, 0.4) is 0 Å². The highest BCUT2D eigenvalue weighted by Gasteiger charge is 2.24. The molecule has 5 heteroatoms. The summed E-state index contributed by atoms with van der Waals surface area (Å²) in [6, 6.07) is -1.23. The van der Waals surface area contributed by atoms with E-state index in [1.165, 1.54) is 0 Å². The molecule has 0 rings (SSSR count). The van der Waals surface area contributed by atoms with Crippen molar-refractivity contribution in [1.82, 2.24) is 5.32 Å². The molecule has 0 bridgehead atoms. The summed E-state index contributed by atoms with van der Waals surface area (Å²) in [5.41, 5.74) is 10.9. The molecule has 0 fully saturated rings. The van der Waals surface area contributed by atoms with Crippen molar-refractivity contribution in [2.75, 3.05) is 0 Å². The summed E-state index contributed by atoms with van der Waals surface area (Å²) in [7, 11) is 0. The van der Waals surface area contributed by atoms with Crippen molar-refractivity contribution in [3.63, 3.8) is 0 Å². The zero-order chi connectivity index (χ0) is 12.9. The summed E-state index contributed by atoms with van der Waals surface area (Å²) in [5, 5.41) is 2.58. The summed E-state index contributed by atoms with van der Waals surface area (Å²) < 4.78 is 0. The fourth-order valence-corrected chi connectivity index (χ4v) is 1.44. The minimum Gasteiger partial charge on any atom is -0.368 e. The van der Waals surface area contributed by atoms with Crippen molar-refractivity contribution < 1.29 is 9.59 Å². The molecule has 0 aliphatic heterocycles. The van der Waals surface area contributed by atoms with Gasteiger partial charge in [-0.2, -0.15) is 0 Å². The van der Waals surface area contributed by atoms with E-state index in [1.807, 2.05) is 27.7 Å². The third-order valence-electron chi connectivity index (χ3n) is 2.33. The molecule has 0 aliphatic carbocycles. The van der Waals surface area contributed by atoms with Gasteiger partial charge in [0.25, 0.3) is 0 Å². The Morgan fingerprint density at radius 1 is 1.19 bits per heavy atom. The molecule has 2 amide bonds. The molecule has 0 aliphatic rings. The lowest BCUT2D eigenvalue weighted by molar-refractivity contribution is -0.129. The fraction of sp³-hybridized carbons (Fsp3) is 0.818. The van der Waals surface area contributed by atoms with E-state index in [0.717, 1.165) is 0 Å². The number of amides is 2. The number of carbonyl (C=O) groups is 2. The Bertz CT molecular complexity index is 252. The lowest BCUT2D eigenvalue weighted by atomic mass is 10.0. The molecule has 0 saturated heterocycles. The SMILES string of the molecule is CC(C)CC(N)C(=O)NC(C(N)=O)C(C)C. The normalized spacial score (nSPS) is 14.9. The van der Waals surface area contributed by atoms with Crippen LogP contribution in [0.4, 0.5) is 0 Å². The van der Waals surface area contributed by atoms with E-state index < -0.39 is 18.0 Å². The zero-order valence-corrected chi connectivity index (χ0v) is 10.5. The summed E-state index contributed by atoms with van der Waals surface area (Å²) in [6.07, 6.45) is 0.593. The first kappa shape index (κ1) is 14.9. The highest BCUT2D eigenvalue weighted by molar-refractivity contribution is 5.89. The van der Waals surface area contributed by atoms with Gasteiger partial charge in [0.2, 0.25) is 11.8 Å². The Morgan fingerprint density at radius 3 is 2.00 bits per heavy atom. The maximum absolute atomic E-state index is 11.7. The Hall–Kier alpha value is -1.10. The standard InChI is InChI=1S/C11H23N3O2/c1-6(2)5-8(12)11(16)14-9(7(3)4)10(13)15/h6-9H,5,12H2,1-4H3,(H2,13,15)(H,14,16). The third-order valence-corrected chi connectivity index (χ3v) is 2.33. The largest absolute Gasteiger partial charge is 0.368 e. The highest BCUT2D eigenvalue weighted by atomic mass is 16.2. The van der Waals surface area contributed by atoms with Gasteiger partial charge in [-0.3, -0.25) is 9.59 Å². The molecule has 0 spiro atoms. The topological polar surface area (TPSA) is 98.2 Å². The fourth-order valence-electron chi connectivity index (χ4n) is 1.44. The minimum absolute atomic E-state index is 0.0345. The smallest absolute Gasteiger partial charge is 0.240 e. The number of nitrogens with two attached hydrogens (primary N) is 2. The first-order valence-corrected chi connectivity index (χ1v) is 5.61. The number of nitrogens with one attached hydrogen (secondary N) is 1. The molecule has 0 aromatic rings. The van der Waals surface area contributed by atoms with Crippen molar-refractivity contribution in [3.05, 3.63) is 0 Å². The molecular weight excluding hydrogens is 206 g/mol. The van der Waals surface area contributed by atoms with Gasteiger partial charge in [-0.05, 0) is 18.3 Å². The molecule has 5 N–H and O–H groups in total. The summed E-state index contributed by atoms with van der Waals surface area (Å²) in [5.74, 6) is -0.536. The van der Waals surface area contributed by atoms with Crippen molar-refractivity contribution in [2.45, 2.75) is 46.2 Å². The van der Waals surface area contributed by atoms with Crippen LogP contribution < -0.4 is 16.8 Å². The number of carbonyl (C=O) groups excluding carboxylic acids is 2. The Balaban J connectivity index is 4.35.